The molecule has 3 heterocycles. The van der Waals surface area contributed by atoms with Gasteiger partial charge in [-0.25, -0.2) is 19.2 Å². The van der Waals surface area contributed by atoms with Crippen molar-refractivity contribution in [2.75, 3.05) is 11.9 Å². The van der Waals surface area contributed by atoms with Crippen LogP contribution in [0.2, 0.25) is 0 Å². The highest BCUT2D eigenvalue weighted by Gasteiger charge is 2.20. The first-order valence-electron chi connectivity index (χ1n) is 7.79. The van der Waals surface area contributed by atoms with Crippen molar-refractivity contribution in [2.24, 2.45) is 0 Å². The van der Waals surface area contributed by atoms with Gasteiger partial charge < -0.3 is 15.2 Å². The first-order chi connectivity index (χ1) is 12.0. The molecule has 0 bridgehead atoms. The molecule has 3 aromatic rings. The number of carboxylic acids is 1. The largest absolute Gasteiger partial charge is 0.493 e. The maximum absolute atomic E-state index is 14.2. The van der Waals surface area contributed by atoms with E-state index in [1.54, 1.807) is 23.6 Å². The summed E-state index contributed by atoms with van der Waals surface area (Å²) < 4.78 is 21.3. The fraction of sp³-hybridized carbons (Fsp3) is 0.235. The van der Waals surface area contributed by atoms with Gasteiger partial charge in [-0.3, -0.25) is 4.40 Å². The number of anilines is 1. The molecule has 1 aliphatic rings. The van der Waals surface area contributed by atoms with Crippen LogP contribution in [0.15, 0.2) is 24.5 Å². The third-order valence-corrected chi connectivity index (χ3v) is 4.25. The lowest BCUT2D eigenvalue weighted by Gasteiger charge is -2.12. The molecule has 8 heteroatoms. The van der Waals surface area contributed by atoms with Crippen LogP contribution in [0.5, 0.6) is 5.75 Å². The van der Waals surface area contributed by atoms with Gasteiger partial charge in [0.1, 0.15) is 17.2 Å². The molecule has 0 amide bonds. The number of halogens is 1. The lowest BCUT2D eigenvalue weighted by molar-refractivity contribution is 0.0691. The summed E-state index contributed by atoms with van der Waals surface area (Å²) in [6.07, 6.45) is 3.66. The fourth-order valence-electron chi connectivity index (χ4n) is 3.01. The van der Waals surface area contributed by atoms with E-state index in [1.807, 2.05) is 0 Å². The minimum Gasteiger partial charge on any atom is -0.493 e. The average Bonchev–Trinajstić information content (AvgIpc) is 3.22. The van der Waals surface area contributed by atoms with Crippen LogP contribution in [-0.2, 0) is 13.0 Å². The Morgan fingerprint density at radius 3 is 3.12 bits per heavy atom. The smallest absolute Gasteiger partial charge is 0.356 e. The van der Waals surface area contributed by atoms with Gasteiger partial charge in [-0.2, -0.15) is 0 Å². The van der Waals surface area contributed by atoms with Crippen molar-refractivity contribution in [1.29, 1.82) is 0 Å². The van der Waals surface area contributed by atoms with Gasteiger partial charge in [0, 0.05) is 42.0 Å². The quantitative estimate of drug-likeness (QED) is 0.757. The van der Waals surface area contributed by atoms with Gasteiger partial charge in [-0.15, -0.1) is 0 Å². The Hall–Kier alpha value is -3.16. The number of benzene rings is 1. The SMILES string of the molecule is Cc1cnc(NCc2c(F)ccc3c2CCO3)n2cc(C(=O)O)nc12. The molecule has 2 aromatic heterocycles. The predicted octanol–water partition coefficient (Wildman–Crippen LogP) is 2.42. The van der Waals surface area contributed by atoms with Gasteiger partial charge in [0.15, 0.2) is 5.69 Å². The van der Waals surface area contributed by atoms with Crippen molar-refractivity contribution in [2.45, 2.75) is 19.9 Å². The van der Waals surface area contributed by atoms with Crippen molar-refractivity contribution in [3.8, 4) is 5.75 Å². The van der Waals surface area contributed by atoms with E-state index in [9.17, 15) is 9.18 Å². The topological polar surface area (TPSA) is 88.8 Å². The second kappa shape index (κ2) is 5.73. The van der Waals surface area contributed by atoms with Crippen molar-refractivity contribution in [1.82, 2.24) is 14.4 Å². The van der Waals surface area contributed by atoms with E-state index in [0.29, 0.717) is 35.9 Å². The van der Waals surface area contributed by atoms with Crippen LogP contribution in [0.3, 0.4) is 0 Å². The van der Waals surface area contributed by atoms with Crippen LogP contribution in [-0.4, -0.2) is 32.1 Å². The molecule has 1 aliphatic heterocycles. The zero-order valence-electron chi connectivity index (χ0n) is 13.4. The Morgan fingerprint density at radius 1 is 1.48 bits per heavy atom. The monoisotopic (exact) mass is 342 g/mol. The number of rotatable bonds is 4. The number of nitrogens with one attached hydrogen (secondary N) is 1. The number of hydrogen-bond acceptors (Lipinski definition) is 5. The molecule has 4 rings (SSSR count). The fourth-order valence-corrected chi connectivity index (χ4v) is 3.01. The van der Waals surface area contributed by atoms with Gasteiger partial charge in [-0.1, -0.05) is 0 Å². The second-order valence-corrected chi connectivity index (χ2v) is 5.84. The number of nitrogens with zero attached hydrogens (tertiary/aromatic N) is 3. The number of aromatic carboxylic acids is 1. The second-order valence-electron chi connectivity index (χ2n) is 5.84. The number of aryl methyl sites for hydroxylation is 1. The van der Waals surface area contributed by atoms with Crippen molar-refractivity contribution >= 4 is 17.6 Å². The lowest BCUT2D eigenvalue weighted by atomic mass is 10.0. The molecule has 128 valence electrons. The highest BCUT2D eigenvalue weighted by Crippen LogP contribution is 2.30. The third kappa shape index (κ3) is 2.55. The summed E-state index contributed by atoms with van der Waals surface area (Å²) in [5, 5.41) is 12.2. The van der Waals surface area contributed by atoms with Crippen molar-refractivity contribution in [3.05, 3.63) is 52.7 Å². The molecule has 1 aromatic carbocycles. The minimum absolute atomic E-state index is 0.0701. The van der Waals surface area contributed by atoms with E-state index in [1.165, 1.54) is 12.3 Å². The number of ether oxygens (including phenoxy) is 1. The summed E-state index contributed by atoms with van der Waals surface area (Å²) in [7, 11) is 0. The Morgan fingerprint density at radius 2 is 2.32 bits per heavy atom. The molecule has 0 unspecified atom stereocenters. The predicted molar refractivity (Wildman–Crippen MR) is 87.6 cm³/mol. The van der Waals surface area contributed by atoms with Gasteiger partial charge in [0.2, 0.25) is 5.95 Å². The summed E-state index contributed by atoms with van der Waals surface area (Å²) in [5.74, 6) is -0.317. The normalized spacial score (nSPS) is 12.9. The zero-order chi connectivity index (χ0) is 17.6. The van der Waals surface area contributed by atoms with E-state index in [4.69, 9.17) is 9.84 Å². The summed E-state index contributed by atoms with van der Waals surface area (Å²) in [6, 6.07) is 3.03. The van der Waals surface area contributed by atoms with Crippen molar-refractivity contribution in [3.63, 3.8) is 0 Å². The summed E-state index contributed by atoms with van der Waals surface area (Å²) >= 11 is 0. The molecular formula is C17H15FN4O3. The van der Waals surface area contributed by atoms with Crippen LogP contribution >= 0.6 is 0 Å². The molecule has 0 saturated carbocycles. The van der Waals surface area contributed by atoms with Crippen LogP contribution in [0.25, 0.3) is 5.65 Å². The first-order valence-corrected chi connectivity index (χ1v) is 7.79. The lowest BCUT2D eigenvalue weighted by Crippen LogP contribution is -2.09. The van der Waals surface area contributed by atoms with E-state index in [-0.39, 0.29) is 18.1 Å². The van der Waals surface area contributed by atoms with Crippen LogP contribution in [0, 0.1) is 12.7 Å². The number of carbonyl (C=O) groups is 1. The van der Waals surface area contributed by atoms with Gasteiger partial charge in [0.05, 0.1) is 6.61 Å². The number of aromatic nitrogens is 3. The summed E-state index contributed by atoms with van der Waals surface area (Å²) in [5.41, 5.74) is 2.56. The molecule has 0 spiro atoms. The molecule has 0 atom stereocenters. The molecule has 0 radical (unpaired) electrons. The van der Waals surface area contributed by atoms with Gasteiger partial charge in [0.25, 0.3) is 0 Å². The number of fused-ring (bicyclic) bond motifs is 2. The zero-order valence-corrected chi connectivity index (χ0v) is 13.4. The average molecular weight is 342 g/mol. The highest BCUT2D eigenvalue weighted by molar-refractivity contribution is 5.86. The molecule has 0 aliphatic carbocycles. The first kappa shape index (κ1) is 15.4. The van der Waals surface area contributed by atoms with Crippen LogP contribution in [0.1, 0.15) is 27.2 Å². The Balaban J connectivity index is 1.70. The van der Waals surface area contributed by atoms with E-state index >= 15 is 0 Å². The summed E-state index contributed by atoms with van der Waals surface area (Å²) in [6.45, 7) is 2.55. The molecule has 25 heavy (non-hydrogen) atoms. The number of carboxylic acid groups (broad SMARTS) is 1. The Kier molecular flexibility index (Phi) is 3.52. The third-order valence-electron chi connectivity index (χ3n) is 4.25. The Bertz CT molecular complexity index is 999. The number of hydrogen-bond donors (Lipinski definition) is 2. The van der Waals surface area contributed by atoms with Crippen LogP contribution in [0.4, 0.5) is 10.3 Å². The Labute approximate surface area is 142 Å². The molecule has 2 N–H and O–H groups in total. The molecule has 0 fully saturated rings. The maximum atomic E-state index is 14.2. The maximum Gasteiger partial charge on any atom is 0.356 e. The number of imidazole rings is 1. The van der Waals surface area contributed by atoms with E-state index in [0.717, 1.165) is 11.1 Å². The van der Waals surface area contributed by atoms with Gasteiger partial charge in [-0.05, 0) is 19.1 Å². The van der Waals surface area contributed by atoms with Crippen molar-refractivity contribution < 1.29 is 19.0 Å². The van der Waals surface area contributed by atoms with E-state index in [2.05, 4.69) is 15.3 Å². The highest BCUT2D eigenvalue weighted by atomic mass is 19.1. The standard InChI is InChI=1S/C17H15FN4O3/c1-9-6-19-17(22-8-13(16(23)24)21-15(9)22)20-7-11-10-4-5-25-14(10)3-2-12(11)18/h2-3,6,8H,4-5,7H2,1H3,(H,19,20)(H,23,24). The molecule has 0 saturated heterocycles. The molecular weight excluding hydrogens is 327 g/mol. The summed E-state index contributed by atoms with van der Waals surface area (Å²) in [4.78, 5) is 19.5. The van der Waals surface area contributed by atoms with Crippen LogP contribution < -0.4 is 10.1 Å². The minimum atomic E-state index is -1.11. The van der Waals surface area contributed by atoms with E-state index < -0.39 is 5.97 Å². The van der Waals surface area contributed by atoms with Gasteiger partial charge >= 0.3 is 5.97 Å². The molecule has 7 nitrogen and oxygen atoms in total.